The van der Waals surface area contributed by atoms with E-state index in [0.717, 1.165) is 11.4 Å². The van der Waals surface area contributed by atoms with Gasteiger partial charge in [-0.3, -0.25) is 0 Å². The van der Waals surface area contributed by atoms with E-state index in [4.69, 9.17) is 4.74 Å². The molecule has 0 saturated heterocycles. The van der Waals surface area contributed by atoms with Gasteiger partial charge < -0.3 is 10.1 Å². The Morgan fingerprint density at radius 1 is 1.16 bits per heavy atom. The monoisotopic (exact) mass is 261 g/mol. The number of benzene rings is 1. The summed E-state index contributed by atoms with van der Waals surface area (Å²) in [7, 11) is 3.20. The van der Waals surface area contributed by atoms with Crippen molar-refractivity contribution in [2.75, 3.05) is 19.5 Å². The lowest BCUT2D eigenvalue weighted by atomic mass is 10.1. The number of rotatable bonds is 3. The molecule has 1 aromatic carbocycles. The van der Waals surface area contributed by atoms with Crippen molar-refractivity contribution in [2.45, 2.75) is 13.8 Å². The zero-order valence-electron chi connectivity index (χ0n) is 11.4. The quantitative estimate of drug-likeness (QED) is 0.922. The molecule has 4 nitrogen and oxygen atoms in total. The average molecular weight is 261 g/mol. The fourth-order valence-electron chi connectivity index (χ4n) is 1.79. The van der Waals surface area contributed by atoms with Crippen molar-refractivity contribution in [1.82, 2.24) is 9.97 Å². The molecule has 5 heteroatoms. The van der Waals surface area contributed by atoms with Crippen LogP contribution in [-0.4, -0.2) is 24.1 Å². The Hall–Kier alpha value is -2.17. The summed E-state index contributed by atoms with van der Waals surface area (Å²) in [5, 5.41) is 2.98. The van der Waals surface area contributed by atoms with Crippen LogP contribution in [0.1, 0.15) is 11.4 Å². The van der Waals surface area contributed by atoms with Gasteiger partial charge in [-0.05, 0) is 32.0 Å². The number of aryl methyl sites for hydroxylation is 2. The van der Waals surface area contributed by atoms with Crippen LogP contribution >= 0.6 is 0 Å². The highest BCUT2D eigenvalue weighted by Crippen LogP contribution is 2.28. The minimum atomic E-state index is -0.415. The van der Waals surface area contributed by atoms with Gasteiger partial charge in [0.25, 0.3) is 0 Å². The number of aromatic nitrogens is 2. The molecule has 0 unspecified atom stereocenters. The van der Waals surface area contributed by atoms with Gasteiger partial charge >= 0.3 is 0 Å². The summed E-state index contributed by atoms with van der Waals surface area (Å²) in [5.41, 5.74) is 2.97. The van der Waals surface area contributed by atoms with Crippen molar-refractivity contribution < 1.29 is 9.13 Å². The molecule has 0 amide bonds. The minimum Gasteiger partial charge on any atom is -0.494 e. The lowest BCUT2D eigenvalue weighted by Gasteiger charge is -2.11. The van der Waals surface area contributed by atoms with Gasteiger partial charge in [0.05, 0.1) is 18.5 Å². The van der Waals surface area contributed by atoms with Gasteiger partial charge in [0.1, 0.15) is 5.69 Å². The Morgan fingerprint density at radius 3 is 2.42 bits per heavy atom. The van der Waals surface area contributed by atoms with Crippen LogP contribution in [0.3, 0.4) is 0 Å². The summed E-state index contributed by atoms with van der Waals surface area (Å²) in [6.07, 6.45) is 0. The summed E-state index contributed by atoms with van der Waals surface area (Å²) >= 11 is 0. The van der Waals surface area contributed by atoms with Crippen molar-refractivity contribution in [1.29, 1.82) is 0 Å². The maximum Gasteiger partial charge on any atom is 0.165 e. The molecule has 0 aliphatic carbocycles. The molecule has 1 N–H and O–H groups in total. The predicted molar refractivity (Wildman–Crippen MR) is 73.0 cm³/mol. The molecule has 0 aliphatic rings. The lowest BCUT2D eigenvalue weighted by Crippen LogP contribution is -2.03. The van der Waals surface area contributed by atoms with Crippen LogP contribution in [0.15, 0.2) is 18.2 Å². The Bertz CT molecular complexity index is 614. The van der Waals surface area contributed by atoms with Crippen molar-refractivity contribution >= 4 is 5.82 Å². The van der Waals surface area contributed by atoms with Crippen LogP contribution < -0.4 is 10.1 Å². The fraction of sp³-hybridized carbons (Fsp3) is 0.286. The predicted octanol–water partition coefficient (Wildman–Crippen LogP) is 2.95. The van der Waals surface area contributed by atoms with Gasteiger partial charge in [-0.1, -0.05) is 0 Å². The standard InChI is InChI=1S/C14H16FN3O/c1-8-9(2)18-14(16-3)13(17-8)10-5-6-12(19-4)11(15)7-10/h5-7H,1-4H3,(H,16,18). The largest absolute Gasteiger partial charge is 0.494 e. The van der Waals surface area contributed by atoms with Gasteiger partial charge in [-0.15, -0.1) is 0 Å². The van der Waals surface area contributed by atoms with E-state index in [2.05, 4.69) is 15.3 Å². The highest BCUT2D eigenvalue weighted by molar-refractivity contribution is 5.72. The topological polar surface area (TPSA) is 47.0 Å². The third-order valence-corrected chi connectivity index (χ3v) is 2.97. The summed E-state index contributed by atoms with van der Waals surface area (Å²) in [4.78, 5) is 8.89. The Morgan fingerprint density at radius 2 is 1.84 bits per heavy atom. The van der Waals surface area contributed by atoms with Crippen LogP contribution in [0, 0.1) is 19.7 Å². The first-order valence-electron chi connectivity index (χ1n) is 5.93. The van der Waals surface area contributed by atoms with Crippen molar-refractivity contribution in [3.8, 4) is 17.0 Å². The number of methoxy groups -OCH3 is 1. The molecule has 100 valence electrons. The first-order valence-corrected chi connectivity index (χ1v) is 5.93. The van der Waals surface area contributed by atoms with Crippen LogP contribution in [0.25, 0.3) is 11.3 Å². The number of ether oxygens (including phenoxy) is 1. The highest BCUT2D eigenvalue weighted by atomic mass is 19.1. The van der Waals surface area contributed by atoms with E-state index in [1.54, 1.807) is 19.2 Å². The third-order valence-electron chi connectivity index (χ3n) is 2.97. The van der Waals surface area contributed by atoms with E-state index in [9.17, 15) is 4.39 Å². The van der Waals surface area contributed by atoms with E-state index in [1.165, 1.54) is 13.2 Å². The van der Waals surface area contributed by atoms with Gasteiger partial charge in [-0.25, -0.2) is 14.4 Å². The Kier molecular flexibility index (Phi) is 3.64. The van der Waals surface area contributed by atoms with Gasteiger partial charge in [0.2, 0.25) is 0 Å². The molecule has 1 aromatic heterocycles. The first kappa shape index (κ1) is 13.3. The number of hydrogen-bond acceptors (Lipinski definition) is 4. The van der Waals surface area contributed by atoms with Crippen LogP contribution in [0.4, 0.5) is 10.2 Å². The smallest absolute Gasteiger partial charge is 0.165 e. The molecule has 2 rings (SSSR count). The molecule has 0 aliphatic heterocycles. The Balaban J connectivity index is 2.58. The summed E-state index contributed by atoms with van der Waals surface area (Å²) in [6.45, 7) is 3.77. The van der Waals surface area contributed by atoms with Crippen LogP contribution in [0.5, 0.6) is 5.75 Å². The number of nitrogens with one attached hydrogen (secondary N) is 1. The zero-order chi connectivity index (χ0) is 14.0. The number of halogens is 1. The molecule has 0 radical (unpaired) electrons. The highest BCUT2D eigenvalue weighted by Gasteiger charge is 2.12. The van der Waals surface area contributed by atoms with Crippen molar-refractivity contribution in [3.63, 3.8) is 0 Å². The van der Waals surface area contributed by atoms with Crippen LogP contribution in [0.2, 0.25) is 0 Å². The molecule has 0 saturated carbocycles. The SMILES string of the molecule is CNc1nc(C)c(C)nc1-c1ccc(OC)c(F)c1. The molecular weight excluding hydrogens is 245 g/mol. The Labute approximate surface area is 111 Å². The zero-order valence-corrected chi connectivity index (χ0v) is 11.4. The molecule has 0 atom stereocenters. The fourth-order valence-corrected chi connectivity index (χ4v) is 1.79. The molecule has 1 heterocycles. The summed E-state index contributed by atoms with van der Waals surface area (Å²) < 4.78 is 18.7. The second-order valence-electron chi connectivity index (χ2n) is 4.19. The average Bonchev–Trinajstić information content (AvgIpc) is 2.41. The van der Waals surface area contributed by atoms with E-state index >= 15 is 0 Å². The molecule has 0 bridgehead atoms. The molecule has 19 heavy (non-hydrogen) atoms. The van der Waals surface area contributed by atoms with Crippen LogP contribution in [-0.2, 0) is 0 Å². The molecule has 0 fully saturated rings. The minimum absolute atomic E-state index is 0.214. The van der Waals surface area contributed by atoms with Crippen molar-refractivity contribution in [3.05, 3.63) is 35.4 Å². The van der Waals surface area contributed by atoms with E-state index in [-0.39, 0.29) is 5.75 Å². The molecule has 2 aromatic rings. The number of hydrogen-bond donors (Lipinski definition) is 1. The molecule has 0 spiro atoms. The lowest BCUT2D eigenvalue weighted by molar-refractivity contribution is 0.386. The van der Waals surface area contributed by atoms with E-state index in [0.29, 0.717) is 17.1 Å². The first-order chi connectivity index (χ1) is 9.06. The molecular formula is C14H16FN3O. The van der Waals surface area contributed by atoms with Gasteiger partial charge in [0, 0.05) is 12.6 Å². The van der Waals surface area contributed by atoms with Gasteiger partial charge in [-0.2, -0.15) is 0 Å². The maximum atomic E-state index is 13.8. The normalized spacial score (nSPS) is 10.4. The second kappa shape index (κ2) is 5.22. The van der Waals surface area contributed by atoms with E-state index < -0.39 is 5.82 Å². The number of nitrogens with zero attached hydrogens (tertiary/aromatic N) is 2. The van der Waals surface area contributed by atoms with E-state index in [1.807, 2.05) is 13.8 Å². The second-order valence-corrected chi connectivity index (χ2v) is 4.19. The van der Waals surface area contributed by atoms with Crippen molar-refractivity contribution in [2.24, 2.45) is 0 Å². The maximum absolute atomic E-state index is 13.8. The number of anilines is 1. The summed E-state index contributed by atoms with van der Waals surface area (Å²) in [5.74, 6) is 0.432. The summed E-state index contributed by atoms with van der Waals surface area (Å²) in [6, 6.07) is 4.75. The third kappa shape index (κ3) is 2.50. The van der Waals surface area contributed by atoms with Gasteiger partial charge in [0.15, 0.2) is 17.4 Å².